The van der Waals surface area contributed by atoms with Crippen LogP contribution in [0.25, 0.3) is 0 Å². The Morgan fingerprint density at radius 1 is 1.13 bits per heavy atom. The highest BCUT2D eigenvalue weighted by molar-refractivity contribution is 6.02. The van der Waals surface area contributed by atoms with Gasteiger partial charge in [-0.1, -0.05) is 30.6 Å². The molecular formula is C27H32FNO9. The molecule has 1 aliphatic heterocycles. The summed E-state index contributed by atoms with van der Waals surface area (Å²) in [5, 5.41) is 23.5. The molecule has 1 heterocycles. The number of carbonyl (C=O) groups is 5. The van der Waals surface area contributed by atoms with E-state index in [2.05, 4.69) is 4.84 Å². The molecule has 0 radical (unpaired) electrons. The van der Waals surface area contributed by atoms with E-state index < -0.39 is 76.3 Å². The molecular weight excluding hydrogens is 501 g/mol. The number of aliphatic hydroxyl groups excluding tert-OH is 1. The molecule has 2 unspecified atom stereocenters. The lowest BCUT2D eigenvalue weighted by atomic mass is 9.44. The molecule has 3 saturated carbocycles. The molecule has 8 atom stereocenters. The van der Waals surface area contributed by atoms with Gasteiger partial charge in [0.15, 0.2) is 18.1 Å². The van der Waals surface area contributed by atoms with Gasteiger partial charge < -0.3 is 14.9 Å². The van der Waals surface area contributed by atoms with E-state index in [4.69, 9.17) is 4.74 Å². The van der Waals surface area contributed by atoms with E-state index >= 15 is 4.39 Å². The van der Waals surface area contributed by atoms with Crippen LogP contribution in [0.1, 0.15) is 59.3 Å². The van der Waals surface area contributed by atoms with Crippen molar-refractivity contribution in [2.45, 2.75) is 76.7 Å². The lowest BCUT2D eigenvalue weighted by Crippen LogP contribution is -2.69. The zero-order valence-electron chi connectivity index (χ0n) is 21.6. The van der Waals surface area contributed by atoms with Crippen molar-refractivity contribution in [3.63, 3.8) is 0 Å². The smallest absolute Gasteiger partial charge is 0.425 e. The summed E-state index contributed by atoms with van der Waals surface area (Å²) in [6.07, 6.45) is 1.98. The number of nitrogens with zero attached hydrogens (tertiary/aromatic N) is 1. The van der Waals surface area contributed by atoms with Crippen molar-refractivity contribution in [3.05, 3.63) is 23.8 Å². The molecule has 4 aliphatic carbocycles. The molecule has 2 N–H and O–H groups in total. The number of halogens is 1. The Hall–Kier alpha value is -2.92. The van der Waals surface area contributed by atoms with E-state index in [1.807, 2.05) is 0 Å². The quantitative estimate of drug-likeness (QED) is 0.410. The molecule has 0 bridgehead atoms. The minimum Gasteiger partial charge on any atom is -0.425 e. The molecule has 0 aromatic rings. The Bertz CT molecular complexity index is 1180. The molecule has 0 spiro atoms. The van der Waals surface area contributed by atoms with Crippen molar-refractivity contribution < 1.29 is 48.2 Å². The highest BCUT2D eigenvalue weighted by atomic mass is 19.1. The number of hydrogen-bond donors (Lipinski definition) is 2. The highest BCUT2D eigenvalue weighted by Crippen LogP contribution is 2.70. The Morgan fingerprint density at radius 2 is 1.79 bits per heavy atom. The molecule has 4 fully saturated rings. The fraction of sp³-hybridized carbons (Fsp3) is 0.667. The fourth-order valence-electron chi connectivity index (χ4n) is 8.13. The molecule has 5 aliphatic rings. The first kappa shape index (κ1) is 26.7. The van der Waals surface area contributed by atoms with Crippen LogP contribution >= 0.6 is 0 Å². The molecule has 38 heavy (non-hydrogen) atoms. The first-order valence-corrected chi connectivity index (χ1v) is 13.0. The van der Waals surface area contributed by atoms with Gasteiger partial charge in [0.2, 0.25) is 5.78 Å². The maximum atomic E-state index is 17.2. The molecule has 11 heteroatoms. The van der Waals surface area contributed by atoms with E-state index in [1.54, 1.807) is 20.8 Å². The van der Waals surface area contributed by atoms with E-state index in [-0.39, 0.29) is 30.1 Å². The summed E-state index contributed by atoms with van der Waals surface area (Å²) in [7, 11) is 0. The molecule has 5 rings (SSSR count). The molecule has 0 aromatic carbocycles. The third kappa shape index (κ3) is 3.33. The molecule has 10 nitrogen and oxygen atoms in total. The number of rotatable bonds is 4. The van der Waals surface area contributed by atoms with E-state index in [1.165, 1.54) is 18.2 Å². The lowest BCUT2D eigenvalue weighted by molar-refractivity contribution is -0.219. The lowest BCUT2D eigenvalue weighted by Gasteiger charge is -2.62. The maximum Gasteiger partial charge on any atom is 0.534 e. The van der Waals surface area contributed by atoms with Crippen molar-refractivity contribution in [3.8, 4) is 0 Å². The second-order valence-corrected chi connectivity index (χ2v) is 11.8. The van der Waals surface area contributed by atoms with Gasteiger partial charge in [0.1, 0.15) is 5.60 Å². The number of ketones is 2. The number of imide groups is 1. The predicted molar refractivity (Wildman–Crippen MR) is 126 cm³/mol. The summed E-state index contributed by atoms with van der Waals surface area (Å²) in [6.45, 7) is 4.12. The largest absolute Gasteiger partial charge is 0.534 e. The standard InChI is InChI=1S/C27H32FNO9/c1-14-10-18-17-5-4-15-11-16(30)8-9-24(15,2)26(17,28)19(31)12-25(18,3)27(14,36)20(32)13-37-23(35)38-29-21(33)6-7-22(29)34/h8-9,11,14,17-19,31,36H,4-7,10,12-13H2,1-3H3/t14-,17?,18?,19+,24+,25+,26+,27+/m1/s1. The monoisotopic (exact) mass is 533 g/mol. The Balaban J connectivity index is 1.38. The number of allylic oxidation sites excluding steroid dienone is 4. The van der Waals surface area contributed by atoms with Crippen LogP contribution in [0, 0.1) is 28.6 Å². The van der Waals surface area contributed by atoms with E-state index in [0.29, 0.717) is 24.8 Å². The van der Waals surface area contributed by atoms with Gasteiger partial charge in [-0.05, 0) is 56.6 Å². The SMILES string of the molecule is C[C@@H]1CC2C3CCC4=CC(=O)C=C[C@]4(C)[C@@]3(F)[C@@H](O)C[C@]2(C)[C@@]1(O)C(=O)COC(=O)ON1C(=O)CCC1=O. The van der Waals surface area contributed by atoms with Gasteiger partial charge in [-0.25, -0.2) is 9.18 Å². The Kier molecular flexibility index (Phi) is 6.00. The van der Waals surface area contributed by atoms with Gasteiger partial charge in [-0.2, -0.15) is 0 Å². The number of carbonyl (C=O) groups excluding carboxylic acids is 5. The second-order valence-electron chi connectivity index (χ2n) is 11.8. The number of hydrogen-bond acceptors (Lipinski definition) is 9. The second kappa shape index (κ2) is 8.54. The van der Waals surface area contributed by atoms with Crippen molar-refractivity contribution in [1.29, 1.82) is 0 Å². The summed E-state index contributed by atoms with van der Waals surface area (Å²) >= 11 is 0. The van der Waals surface area contributed by atoms with E-state index in [0.717, 1.165) is 0 Å². The van der Waals surface area contributed by atoms with Crippen molar-refractivity contribution in [2.75, 3.05) is 6.61 Å². The van der Waals surface area contributed by atoms with Crippen LogP contribution in [0.3, 0.4) is 0 Å². The van der Waals surface area contributed by atoms with Gasteiger partial charge in [0, 0.05) is 29.6 Å². The van der Waals surface area contributed by atoms with Gasteiger partial charge >= 0.3 is 6.16 Å². The van der Waals surface area contributed by atoms with Crippen LogP contribution in [0.4, 0.5) is 9.18 Å². The van der Waals surface area contributed by atoms with Crippen molar-refractivity contribution in [2.24, 2.45) is 28.6 Å². The first-order valence-electron chi connectivity index (χ1n) is 13.0. The van der Waals surface area contributed by atoms with Crippen LogP contribution in [0.2, 0.25) is 0 Å². The van der Waals surface area contributed by atoms with Crippen molar-refractivity contribution in [1.82, 2.24) is 5.06 Å². The number of alkyl halides is 1. The average Bonchev–Trinajstić information content (AvgIpc) is 3.27. The fourth-order valence-corrected chi connectivity index (χ4v) is 8.13. The zero-order valence-corrected chi connectivity index (χ0v) is 21.6. The van der Waals surface area contributed by atoms with Gasteiger partial charge in [-0.15, -0.1) is 0 Å². The van der Waals surface area contributed by atoms with Crippen LogP contribution in [-0.2, 0) is 28.8 Å². The number of aliphatic hydroxyl groups is 2. The summed E-state index contributed by atoms with van der Waals surface area (Å²) in [6, 6.07) is 0. The minimum absolute atomic E-state index is 0.107. The first-order chi connectivity index (χ1) is 17.7. The zero-order chi connectivity index (χ0) is 27.8. The number of hydroxylamine groups is 2. The molecule has 2 amide bonds. The maximum absolute atomic E-state index is 17.2. The summed E-state index contributed by atoms with van der Waals surface area (Å²) in [4.78, 5) is 65.4. The topological polar surface area (TPSA) is 148 Å². The Morgan fingerprint density at radius 3 is 2.45 bits per heavy atom. The van der Waals surface area contributed by atoms with Crippen LogP contribution in [0.5, 0.6) is 0 Å². The molecule has 0 aromatic heterocycles. The highest BCUT2D eigenvalue weighted by Gasteiger charge is 2.75. The number of ether oxygens (including phenoxy) is 1. The van der Waals surface area contributed by atoms with E-state index in [9.17, 15) is 34.2 Å². The minimum atomic E-state index is -2.11. The van der Waals surface area contributed by atoms with Gasteiger partial charge in [0.25, 0.3) is 11.8 Å². The van der Waals surface area contributed by atoms with Crippen LogP contribution in [0.15, 0.2) is 23.8 Å². The summed E-state index contributed by atoms with van der Waals surface area (Å²) in [5.41, 5.74) is -5.96. The average molecular weight is 534 g/mol. The normalized spacial score (nSPS) is 43.8. The van der Waals surface area contributed by atoms with Gasteiger partial charge in [0.05, 0.1) is 6.10 Å². The summed E-state index contributed by atoms with van der Waals surface area (Å²) in [5.74, 6) is -4.29. The van der Waals surface area contributed by atoms with Crippen LogP contribution < -0.4 is 0 Å². The number of fused-ring (bicyclic) bond motifs is 5. The summed E-state index contributed by atoms with van der Waals surface area (Å²) < 4.78 is 22.1. The predicted octanol–water partition coefficient (Wildman–Crippen LogP) is 2.12. The number of amides is 2. The Labute approximate surface area is 218 Å². The van der Waals surface area contributed by atoms with Gasteiger partial charge in [-0.3, -0.25) is 24.0 Å². The third-order valence-electron chi connectivity index (χ3n) is 10.1. The molecule has 206 valence electrons. The van der Waals surface area contributed by atoms with Crippen LogP contribution in [-0.4, -0.2) is 68.8 Å². The third-order valence-corrected chi connectivity index (χ3v) is 10.1. The van der Waals surface area contributed by atoms with Crippen molar-refractivity contribution >= 4 is 29.5 Å². The molecule has 1 saturated heterocycles. The number of Topliss-reactive ketones (excluding diaryl/α,β-unsaturated/α-hetero) is 1.